The molecule has 0 fully saturated rings. The lowest BCUT2D eigenvalue weighted by Crippen LogP contribution is -1.97. The Bertz CT molecular complexity index is 565. The second-order valence-corrected chi connectivity index (χ2v) is 3.67. The van der Waals surface area contributed by atoms with Crippen LogP contribution in [-0.2, 0) is 0 Å². The molecule has 1 N–H and O–H groups in total. The van der Waals surface area contributed by atoms with Crippen molar-refractivity contribution in [2.24, 2.45) is 0 Å². The average molecular weight is 262 g/mol. The number of rotatable bonds is 4. The molecule has 0 saturated heterocycles. The molecule has 0 unspecified atom stereocenters. The summed E-state index contributed by atoms with van der Waals surface area (Å²) in [6, 6.07) is 6.65. The molecule has 6 heteroatoms. The molecule has 1 heterocycles. The summed E-state index contributed by atoms with van der Waals surface area (Å²) >= 11 is 0. The zero-order chi connectivity index (χ0) is 13.8. The van der Waals surface area contributed by atoms with E-state index in [0.29, 0.717) is 22.9 Å². The minimum absolute atomic E-state index is 0.0867. The summed E-state index contributed by atoms with van der Waals surface area (Å²) < 4.78 is 15.2. The van der Waals surface area contributed by atoms with Gasteiger partial charge < -0.3 is 19.3 Å². The fraction of sp³-hybridized carbons (Fsp3) is 0.231. The van der Waals surface area contributed by atoms with Crippen LogP contribution in [0.3, 0.4) is 0 Å². The van der Waals surface area contributed by atoms with E-state index >= 15 is 0 Å². The minimum atomic E-state index is 0.0867. The van der Waals surface area contributed by atoms with E-state index in [0.717, 1.165) is 0 Å². The van der Waals surface area contributed by atoms with E-state index in [1.807, 2.05) is 0 Å². The van der Waals surface area contributed by atoms with Crippen molar-refractivity contribution in [3.63, 3.8) is 0 Å². The van der Waals surface area contributed by atoms with Crippen LogP contribution in [-0.4, -0.2) is 36.4 Å². The average Bonchev–Trinajstić information content (AvgIpc) is 2.47. The molecule has 0 bridgehead atoms. The summed E-state index contributed by atoms with van der Waals surface area (Å²) in [5.74, 6) is 1.05. The van der Waals surface area contributed by atoms with Crippen LogP contribution in [0.25, 0.3) is 11.3 Å². The fourth-order valence-electron chi connectivity index (χ4n) is 1.58. The zero-order valence-electron chi connectivity index (χ0n) is 10.9. The molecule has 2 aromatic rings. The van der Waals surface area contributed by atoms with E-state index < -0.39 is 0 Å². The third-order valence-electron chi connectivity index (χ3n) is 2.55. The molecule has 19 heavy (non-hydrogen) atoms. The number of hydrogen-bond donors (Lipinski definition) is 1. The van der Waals surface area contributed by atoms with Crippen LogP contribution in [0.2, 0.25) is 0 Å². The number of aromatic nitrogens is 2. The molecule has 0 atom stereocenters. The maximum Gasteiger partial charge on any atom is 0.320 e. The number of benzene rings is 1. The topological polar surface area (TPSA) is 73.7 Å². The van der Waals surface area contributed by atoms with E-state index in [4.69, 9.17) is 14.2 Å². The van der Waals surface area contributed by atoms with Crippen molar-refractivity contribution in [2.75, 3.05) is 21.3 Å². The van der Waals surface area contributed by atoms with Crippen molar-refractivity contribution >= 4 is 0 Å². The minimum Gasteiger partial charge on any atom is -0.507 e. The van der Waals surface area contributed by atoms with Crippen LogP contribution in [0.4, 0.5) is 0 Å². The van der Waals surface area contributed by atoms with E-state index in [-0.39, 0.29) is 11.8 Å². The highest BCUT2D eigenvalue weighted by Crippen LogP contribution is 2.33. The van der Waals surface area contributed by atoms with Gasteiger partial charge in [0.15, 0.2) is 0 Å². The van der Waals surface area contributed by atoms with Gasteiger partial charge in [-0.3, -0.25) is 0 Å². The third kappa shape index (κ3) is 2.67. The molecule has 0 saturated carbocycles. The normalized spacial score (nSPS) is 10.1. The lowest BCUT2D eigenvalue weighted by Gasteiger charge is -2.09. The summed E-state index contributed by atoms with van der Waals surface area (Å²) in [4.78, 5) is 8.18. The van der Waals surface area contributed by atoms with Crippen molar-refractivity contribution in [3.8, 4) is 34.6 Å². The Morgan fingerprint density at radius 3 is 2.37 bits per heavy atom. The Kier molecular flexibility index (Phi) is 3.70. The van der Waals surface area contributed by atoms with Gasteiger partial charge in [0.1, 0.15) is 11.5 Å². The Hall–Kier alpha value is -2.50. The second kappa shape index (κ2) is 5.43. The van der Waals surface area contributed by atoms with Crippen LogP contribution in [0, 0.1) is 0 Å². The van der Waals surface area contributed by atoms with E-state index in [1.54, 1.807) is 25.3 Å². The first-order valence-corrected chi connectivity index (χ1v) is 5.52. The fourth-order valence-corrected chi connectivity index (χ4v) is 1.58. The van der Waals surface area contributed by atoms with Crippen molar-refractivity contribution in [2.45, 2.75) is 0 Å². The quantitative estimate of drug-likeness (QED) is 0.906. The molecule has 100 valence electrons. The molecule has 0 amide bonds. The standard InChI is InChI=1S/C13H14N2O4/c1-17-8-4-5-11(16)9(6-8)10-7-12(18-2)15-13(14-10)19-3/h4-7,16H,1-3H3. The van der Waals surface area contributed by atoms with Gasteiger partial charge in [-0.15, -0.1) is 0 Å². The van der Waals surface area contributed by atoms with Crippen molar-refractivity contribution in [1.82, 2.24) is 9.97 Å². The Labute approximate surface area is 110 Å². The highest BCUT2D eigenvalue weighted by Gasteiger charge is 2.12. The number of hydrogen-bond acceptors (Lipinski definition) is 6. The van der Waals surface area contributed by atoms with Crippen molar-refractivity contribution in [1.29, 1.82) is 0 Å². The molecular formula is C13H14N2O4. The predicted octanol–water partition coefficient (Wildman–Crippen LogP) is 1.87. The van der Waals surface area contributed by atoms with Gasteiger partial charge >= 0.3 is 6.01 Å². The maximum absolute atomic E-state index is 9.91. The van der Waals surface area contributed by atoms with Crippen molar-refractivity contribution in [3.05, 3.63) is 24.3 Å². The lowest BCUT2D eigenvalue weighted by atomic mass is 10.1. The first-order valence-electron chi connectivity index (χ1n) is 5.52. The van der Waals surface area contributed by atoms with Crippen LogP contribution in [0.5, 0.6) is 23.4 Å². The summed E-state index contributed by atoms with van der Waals surface area (Å²) in [6.07, 6.45) is 0. The number of aromatic hydroxyl groups is 1. The van der Waals surface area contributed by atoms with Crippen LogP contribution >= 0.6 is 0 Å². The zero-order valence-corrected chi connectivity index (χ0v) is 10.9. The lowest BCUT2D eigenvalue weighted by molar-refractivity contribution is 0.352. The summed E-state index contributed by atoms with van der Waals surface area (Å²) in [7, 11) is 4.51. The van der Waals surface area contributed by atoms with Gasteiger partial charge in [0.25, 0.3) is 0 Å². The summed E-state index contributed by atoms with van der Waals surface area (Å²) in [6.45, 7) is 0. The molecule has 1 aromatic heterocycles. The monoisotopic (exact) mass is 262 g/mol. The molecule has 0 aliphatic rings. The molecule has 1 aromatic carbocycles. The summed E-state index contributed by atoms with van der Waals surface area (Å²) in [5, 5.41) is 9.91. The van der Waals surface area contributed by atoms with Gasteiger partial charge in [0.2, 0.25) is 5.88 Å². The number of phenolic OH excluding ortho intramolecular Hbond substituents is 1. The predicted molar refractivity (Wildman–Crippen MR) is 68.8 cm³/mol. The first kappa shape index (κ1) is 12.9. The Balaban J connectivity index is 2.57. The smallest absolute Gasteiger partial charge is 0.320 e. The molecule has 0 aliphatic heterocycles. The molecule has 0 radical (unpaired) electrons. The van der Waals surface area contributed by atoms with Crippen LogP contribution in [0.1, 0.15) is 0 Å². The number of nitrogens with zero attached hydrogens (tertiary/aromatic N) is 2. The van der Waals surface area contributed by atoms with Gasteiger partial charge in [0, 0.05) is 11.6 Å². The maximum atomic E-state index is 9.91. The molecule has 2 rings (SSSR count). The van der Waals surface area contributed by atoms with Gasteiger partial charge in [-0.1, -0.05) is 0 Å². The van der Waals surface area contributed by atoms with Gasteiger partial charge in [-0.2, -0.15) is 9.97 Å². The largest absolute Gasteiger partial charge is 0.507 e. The molecule has 6 nitrogen and oxygen atoms in total. The Morgan fingerprint density at radius 1 is 0.947 bits per heavy atom. The van der Waals surface area contributed by atoms with E-state index in [2.05, 4.69) is 9.97 Å². The van der Waals surface area contributed by atoms with Gasteiger partial charge in [-0.05, 0) is 18.2 Å². The van der Waals surface area contributed by atoms with E-state index in [1.165, 1.54) is 20.3 Å². The van der Waals surface area contributed by atoms with E-state index in [9.17, 15) is 5.11 Å². The summed E-state index contributed by atoms with van der Waals surface area (Å²) in [5.41, 5.74) is 0.999. The first-order chi connectivity index (χ1) is 9.17. The number of phenols is 1. The second-order valence-electron chi connectivity index (χ2n) is 3.67. The highest BCUT2D eigenvalue weighted by atomic mass is 16.5. The van der Waals surface area contributed by atoms with Gasteiger partial charge in [-0.25, -0.2) is 0 Å². The van der Waals surface area contributed by atoms with Crippen LogP contribution in [0.15, 0.2) is 24.3 Å². The van der Waals surface area contributed by atoms with Crippen molar-refractivity contribution < 1.29 is 19.3 Å². The third-order valence-corrected chi connectivity index (χ3v) is 2.55. The molecular weight excluding hydrogens is 248 g/mol. The SMILES string of the molecule is COc1ccc(O)c(-c2cc(OC)nc(OC)n2)c1. The number of methoxy groups -OCH3 is 3. The molecule has 0 spiro atoms. The Morgan fingerprint density at radius 2 is 1.74 bits per heavy atom. The highest BCUT2D eigenvalue weighted by molar-refractivity contribution is 5.69. The number of ether oxygens (including phenoxy) is 3. The van der Waals surface area contributed by atoms with Gasteiger partial charge in [0.05, 0.1) is 27.0 Å². The molecule has 0 aliphatic carbocycles. The van der Waals surface area contributed by atoms with Crippen LogP contribution < -0.4 is 14.2 Å².